The number of aliphatic hydroxyl groups excluding tert-OH is 1. The lowest BCUT2D eigenvalue weighted by atomic mass is 9.97. The van der Waals surface area contributed by atoms with E-state index in [0.29, 0.717) is 38.2 Å². The predicted molar refractivity (Wildman–Crippen MR) is 91.1 cm³/mol. The minimum absolute atomic E-state index is 0.0728. The van der Waals surface area contributed by atoms with E-state index in [-0.39, 0.29) is 23.2 Å². The summed E-state index contributed by atoms with van der Waals surface area (Å²) >= 11 is 0. The van der Waals surface area contributed by atoms with Crippen molar-refractivity contribution < 1.29 is 32.5 Å². The maximum Gasteiger partial charge on any atom is 0.421 e. The van der Waals surface area contributed by atoms with Crippen molar-refractivity contribution in [3.63, 3.8) is 0 Å². The van der Waals surface area contributed by atoms with E-state index >= 15 is 0 Å². The Morgan fingerprint density at radius 3 is 2.71 bits per heavy atom. The molecule has 0 spiro atoms. The Morgan fingerprint density at radius 2 is 2.04 bits per heavy atom. The Balaban J connectivity index is 2.13. The first kappa shape index (κ1) is 20.3. The second kappa shape index (κ2) is 7.55. The minimum Gasteiger partial charge on any atom is -0.471 e. The van der Waals surface area contributed by atoms with Crippen LogP contribution in [0.4, 0.5) is 18.9 Å². The van der Waals surface area contributed by atoms with E-state index in [1.807, 2.05) is 0 Å². The Morgan fingerprint density at radius 1 is 1.29 bits per heavy atom. The van der Waals surface area contributed by atoms with Gasteiger partial charge in [-0.2, -0.15) is 13.2 Å². The van der Waals surface area contributed by atoms with Crippen LogP contribution in [0, 0.1) is 0 Å². The van der Waals surface area contributed by atoms with Gasteiger partial charge in [-0.15, -0.1) is 10.2 Å². The molecular weight excluding hydrogens is 381 g/mol. The van der Waals surface area contributed by atoms with Crippen LogP contribution < -0.4 is 10.5 Å². The van der Waals surface area contributed by atoms with Crippen molar-refractivity contribution in [3.05, 3.63) is 17.5 Å². The molecule has 4 N–H and O–H groups in total. The number of nitrogen functional groups attached to an aromatic ring is 1. The fourth-order valence-electron chi connectivity index (χ4n) is 2.98. The maximum absolute atomic E-state index is 13.4. The number of halogens is 3. The number of hydrogen-bond donors (Lipinski definition) is 3. The van der Waals surface area contributed by atoms with Crippen molar-refractivity contribution in [2.75, 3.05) is 12.3 Å². The molecular formula is C17H21F3N4O4. The summed E-state index contributed by atoms with van der Waals surface area (Å²) in [6.07, 6.45) is -3.09. The molecule has 0 amide bonds. The highest BCUT2D eigenvalue weighted by atomic mass is 19.4. The van der Waals surface area contributed by atoms with Crippen LogP contribution in [0.25, 0.3) is 11.6 Å². The molecule has 11 heteroatoms. The largest absolute Gasteiger partial charge is 0.471 e. The predicted octanol–water partition coefficient (Wildman–Crippen LogP) is 2.64. The van der Waals surface area contributed by atoms with E-state index in [9.17, 15) is 23.4 Å². The van der Waals surface area contributed by atoms with Gasteiger partial charge in [-0.05, 0) is 32.3 Å². The quantitative estimate of drug-likeness (QED) is 0.664. The lowest BCUT2D eigenvalue weighted by Gasteiger charge is -2.21. The lowest BCUT2D eigenvalue weighted by Crippen LogP contribution is -2.24. The smallest absolute Gasteiger partial charge is 0.421 e. The number of aromatic nitrogens is 3. The number of nitrogens with zero attached hydrogens (tertiary/aromatic N) is 3. The van der Waals surface area contributed by atoms with E-state index in [0.717, 1.165) is 0 Å². The Kier molecular flexibility index (Phi) is 5.48. The van der Waals surface area contributed by atoms with Crippen LogP contribution in [-0.4, -0.2) is 38.1 Å². The van der Waals surface area contributed by atoms with Crippen molar-refractivity contribution in [3.8, 4) is 17.5 Å². The van der Waals surface area contributed by atoms with Crippen LogP contribution in [0.15, 0.2) is 10.5 Å². The molecule has 4 bridgehead atoms. The van der Waals surface area contributed by atoms with Crippen molar-refractivity contribution in [2.24, 2.45) is 0 Å². The second-order valence-electron chi connectivity index (χ2n) is 6.98. The number of ether oxygens (including phenoxy) is 1. The van der Waals surface area contributed by atoms with Gasteiger partial charge in [0.1, 0.15) is 17.3 Å². The molecule has 3 heterocycles. The van der Waals surface area contributed by atoms with Gasteiger partial charge in [0.05, 0.1) is 12.3 Å². The molecule has 2 aromatic heterocycles. The second-order valence-corrected chi connectivity index (χ2v) is 6.98. The number of anilines is 1. The first-order valence-electron chi connectivity index (χ1n) is 8.84. The summed E-state index contributed by atoms with van der Waals surface area (Å²) in [5, 5.41) is 27.6. The molecule has 0 saturated carbocycles. The summed E-state index contributed by atoms with van der Waals surface area (Å²) in [4.78, 5) is 3.86. The van der Waals surface area contributed by atoms with Crippen LogP contribution >= 0.6 is 0 Å². The molecule has 0 unspecified atom stereocenters. The molecule has 8 nitrogen and oxygen atoms in total. The lowest BCUT2D eigenvalue weighted by molar-refractivity contribution is -0.139. The summed E-state index contributed by atoms with van der Waals surface area (Å²) in [6, 6.07) is 0.681. The van der Waals surface area contributed by atoms with Gasteiger partial charge in [-0.25, -0.2) is 4.98 Å². The summed E-state index contributed by atoms with van der Waals surface area (Å²) in [7, 11) is 0. The van der Waals surface area contributed by atoms with E-state index < -0.39 is 35.9 Å². The number of aliphatic hydroxyl groups is 2. The van der Waals surface area contributed by atoms with Crippen LogP contribution in [0.5, 0.6) is 5.88 Å². The zero-order valence-electron chi connectivity index (χ0n) is 15.2. The van der Waals surface area contributed by atoms with Gasteiger partial charge in [0.15, 0.2) is 5.69 Å². The molecule has 0 aromatic carbocycles. The number of nitrogens with two attached hydrogens (primary N) is 1. The molecule has 0 aliphatic carbocycles. The van der Waals surface area contributed by atoms with Crippen molar-refractivity contribution >= 4 is 5.69 Å². The Hall–Kier alpha value is -2.40. The highest BCUT2D eigenvalue weighted by Gasteiger charge is 2.38. The van der Waals surface area contributed by atoms with Crippen LogP contribution in [0.1, 0.15) is 50.5 Å². The van der Waals surface area contributed by atoms with Crippen LogP contribution in [-0.2, 0) is 11.8 Å². The molecule has 3 rings (SSSR count). The highest BCUT2D eigenvalue weighted by Crippen LogP contribution is 2.40. The molecule has 154 valence electrons. The Labute approximate surface area is 158 Å². The first-order chi connectivity index (χ1) is 13.1. The molecule has 0 radical (unpaired) electrons. The van der Waals surface area contributed by atoms with Gasteiger partial charge in [0.2, 0.25) is 11.8 Å². The summed E-state index contributed by atoms with van der Waals surface area (Å²) < 4.78 is 51.1. The number of hydrogen-bond acceptors (Lipinski definition) is 8. The van der Waals surface area contributed by atoms with E-state index in [2.05, 4.69) is 15.2 Å². The van der Waals surface area contributed by atoms with Gasteiger partial charge in [0, 0.05) is 0 Å². The molecule has 0 saturated heterocycles. The van der Waals surface area contributed by atoms with Crippen molar-refractivity contribution in [1.29, 1.82) is 0 Å². The zero-order valence-corrected chi connectivity index (χ0v) is 15.2. The standard InChI is InChI=1S/C17H21F3N4O4/c1-16(26)6-4-2-3-5-9(8-25)27-13-10(17(18,19)20)7-11(21)12(22-13)14-23-24-15(16)28-14/h7,9,25-26H,2-6,8,21H2,1H3/t9-,16-/m1/s1. The fourth-order valence-corrected chi connectivity index (χ4v) is 2.98. The minimum atomic E-state index is -4.76. The third-order valence-electron chi connectivity index (χ3n) is 4.58. The topological polar surface area (TPSA) is 128 Å². The molecule has 0 fully saturated rings. The Bertz CT molecular complexity index is 838. The van der Waals surface area contributed by atoms with Crippen LogP contribution in [0.2, 0.25) is 0 Å². The fraction of sp³-hybridized carbons (Fsp3) is 0.588. The summed E-state index contributed by atoms with van der Waals surface area (Å²) in [6.45, 7) is 1.05. The third-order valence-corrected chi connectivity index (χ3v) is 4.58. The molecule has 2 aromatic rings. The average molecular weight is 402 g/mol. The van der Waals surface area contributed by atoms with E-state index in [4.69, 9.17) is 14.9 Å². The SMILES string of the molecule is C[C@@]1(O)CCCCC[C@H](CO)Oc2nc(c(N)cc2C(F)(F)F)-c2nnc1o2. The van der Waals surface area contributed by atoms with Gasteiger partial charge in [-0.3, -0.25) is 0 Å². The van der Waals surface area contributed by atoms with Crippen LogP contribution in [0.3, 0.4) is 0 Å². The highest BCUT2D eigenvalue weighted by molar-refractivity contribution is 5.68. The number of fused-ring (bicyclic) bond motifs is 5. The monoisotopic (exact) mass is 402 g/mol. The van der Waals surface area contributed by atoms with Crippen molar-refractivity contribution in [1.82, 2.24) is 15.2 Å². The normalized spacial score (nSPS) is 23.7. The first-order valence-corrected chi connectivity index (χ1v) is 8.84. The van der Waals surface area contributed by atoms with E-state index in [1.54, 1.807) is 0 Å². The number of pyridine rings is 1. The van der Waals surface area contributed by atoms with E-state index in [1.165, 1.54) is 6.92 Å². The maximum atomic E-state index is 13.4. The average Bonchev–Trinajstić information content (AvgIpc) is 3.10. The van der Waals surface area contributed by atoms with Gasteiger partial charge >= 0.3 is 6.18 Å². The summed E-state index contributed by atoms with van der Waals surface area (Å²) in [5.41, 5.74) is 2.67. The molecule has 1 aliphatic rings. The number of alkyl halides is 3. The molecule has 2 atom stereocenters. The van der Waals surface area contributed by atoms with Gasteiger partial charge < -0.3 is 25.1 Å². The third kappa shape index (κ3) is 4.20. The zero-order chi connectivity index (χ0) is 20.5. The van der Waals surface area contributed by atoms with Crippen molar-refractivity contribution in [2.45, 2.75) is 56.9 Å². The molecule has 28 heavy (non-hydrogen) atoms. The van der Waals surface area contributed by atoms with Gasteiger partial charge in [-0.1, -0.05) is 12.8 Å². The van der Waals surface area contributed by atoms with Gasteiger partial charge in [0.25, 0.3) is 5.89 Å². The number of rotatable bonds is 1. The molecule has 1 aliphatic heterocycles. The summed E-state index contributed by atoms with van der Waals surface area (Å²) in [5.74, 6) is -1.03.